The number of nitrogens with two attached hydrogens (primary N) is 1. The zero-order valence-corrected chi connectivity index (χ0v) is 10.9. The van der Waals surface area contributed by atoms with Crippen LogP contribution in [-0.4, -0.2) is 22.4 Å². The number of hydrogen-bond donors (Lipinski definition) is 4. The highest BCUT2D eigenvalue weighted by molar-refractivity contribution is 6.02. The van der Waals surface area contributed by atoms with Crippen molar-refractivity contribution in [1.82, 2.24) is 9.97 Å². The van der Waals surface area contributed by atoms with Gasteiger partial charge in [0.05, 0.1) is 6.54 Å². The third-order valence-electron chi connectivity index (χ3n) is 2.48. The second kappa shape index (κ2) is 6.36. The molecule has 2 aromatic rings. The molecule has 0 bridgehead atoms. The molecular formula is C14H12N4O3. The van der Waals surface area contributed by atoms with Crippen LogP contribution in [0.3, 0.4) is 0 Å². The summed E-state index contributed by atoms with van der Waals surface area (Å²) in [6, 6.07) is 7.77. The summed E-state index contributed by atoms with van der Waals surface area (Å²) in [6.07, 6.45) is 0. The molecule has 0 atom stereocenters. The van der Waals surface area contributed by atoms with Gasteiger partial charge in [-0.25, -0.2) is 4.79 Å². The fraction of sp³-hybridized carbons (Fsp3) is 0.0714. The number of aromatic amines is 2. The molecule has 7 nitrogen and oxygen atoms in total. The topological polar surface area (TPSA) is 121 Å². The predicted molar refractivity (Wildman–Crippen MR) is 78.0 cm³/mol. The van der Waals surface area contributed by atoms with Crippen LogP contribution in [0, 0.1) is 11.8 Å². The second-order valence-corrected chi connectivity index (χ2v) is 4.04. The van der Waals surface area contributed by atoms with Gasteiger partial charge in [-0.05, 0) is 24.3 Å². The van der Waals surface area contributed by atoms with Crippen molar-refractivity contribution in [1.29, 1.82) is 0 Å². The molecule has 2 rings (SSSR count). The van der Waals surface area contributed by atoms with E-state index in [1.807, 2.05) is 4.98 Å². The average molecular weight is 284 g/mol. The second-order valence-electron chi connectivity index (χ2n) is 4.04. The monoisotopic (exact) mass is 284 g/mol. The van der Waals surface area contributed by atoms with Gasteiger partial charge in [-0.15, -0.1) is 0 Å². The van der Waals surface area contributed by atoms with Crippen LogP contribution in [0.5, 0.6) is 0 Å². The maximum atomic E-state index is 11.9. The summed E-state index contributed by atoms with van der Waals surface area (Å²) in [5.74, 6) is 4.98. The molecule has 0 unspecified atom stereocenters. The molecule has 0 aliphatic rings. The van der Waals surface area contributed by atoms with E-state index in [-0.39, 0.29) is 12.2 Å². The van der Waals surface area contributed by atoms with Gasteiger partial charge in [0.25, 0.3) is 11.5 Å². The van der Waals surface area contributed by atoms with Gasteiger partial charge in [-0.1, -0.05) is 11.8 Å². The van der Waals surface area contributed by atoms with Gasteiger partial charge < -0.3 is 16.0 Å². The number of nitrogens with one attached hydrogen (secondary N) is 3. The molecule has 7 heteroatoms. The van der Waals surface area contributed by atoms with E-state index in [0.717, 1.165) is 11.6 Å². The Balaban J connectivity index is 2.16. The van der Waals surface area contributed by atoms with Crippen LogP contribution < -0.4 is 22.3 Å². The number of anilines is 1. The summed E-state index contributed by atoms with van der Waals surface area (Å²) in [5, 5.41) is 2.56. The van der Waals surface area contributed by atoms with E-state index >= 15 is 0 Å². The number of benzene rings is 1. The van der Waals surface area contributed by atoms with Crippen LogP contribution in [-0.2, 0) is 0 Å². The summed E-state index contributed by atoms with van der Waals surface area (Å²) < 4.78 is 0. The highest BCUT2D eigenvalue weighted by atomic mass is 16.2. The minimum Gasteiger partial charge on any atom is -0.321 e. The summed E-state index contributed by atoms with van der Waals surface area (Å²) in [5.41, 5.74) is 5.06. The normalized spacial score (nSPS) is 9.57. The molecule has 0 aliphatic carbocycles. The zero-order valence-electron chi connectivity index (χ0n) is 10.9. The Hall–Kier alpha value is -3.11. The van der Waals surface area contributed by atoms with Crippen molar-refractivity contribution in [2.75, 3.05) is 11.9 Å². The van der Waals surface area contributed by atoms with Crippen molar-refractivity contribution < 1.29 is 4.79 Å². The molecule has 1 aromatic heterocycles. The number of rotatable bonds is 2. The van der Waals surface area contributed by atoms with E-state index in [0.29, 0.717) is 5.69 Å². The third-order valence-corrected chi connectivity index (χ3v) is 2.48. The quantitative estimate of drug-likeness (QED) is 0.562. The highest BCUT2D eigenvalue weighted by Crippen LogP contribution is 2.09. The largest absolute Gasteiger partial charge is 0.326 e. The van der Waals surface area contributed by atoms with E-state index < -0.39 is 17.2 Å². The van der Waals surface area contributed by atoms with Gasteiger partial charge in [0.1, 0.15) is 5.69 Å². The average Bonchev–Trinajstić information content (AvgIpc) is 2.45. The number of carbonyl (C=O) groups excluding carboxylic acids is 1. The van der Waals surface area contributed by atoms with Crippen LogP contribution in [0.15, 0.2) is 39.9 Å². The molecule has 0 spiro atoms. The maximum Gasteiger partial charge on any atom is 0.326 e. The van der Waals surface area contributed by atoms with Crippen molar-refractivity contribution in [2.45, 2.75) is 0 Å². The number of H-pyrrole nitrogens is 2. The Labute approximate surface area is 119 Å². The van der Waals surface area contributed by atoms with Crippen LogP contribution in [0.2, 0.25) is 0 Å². The van der Waals surface area contributed by atoms with Crippen LogP contribution in [0.4, 0.5) is 5.69 Å². The Bertz CT molecular complexity index is 794. The number of aromatic nitrogens is 2. The lowest BCUT2D eigenvalue weighted by atomic mass is 10.2. The van der Waals surface area contributed by atoms with Crippen molar-refractivity contribution in [3.05, 3.63) is 62.4 Å². The van der Waals surface area contributed by atoms with Crippen molar-refractivity contribution in [3.63, 3.8) is 0 Å². The Morgan fingerprint density at radius 3 is 2.52 bits per heavy atom. The molecule has 1 heterocycles. The molecule has 1 amide bonds. The van der Waals surface area contributed by atoms with Crippen LogP contribution >= 0.6 is 0 Å². The first-order valence-corrected chi connectivity index (χ1v) is 6.02. The fourth-order valence-corrected chi connectivity index (χ4v) is 1.58. The van der Waals surface area contributed by atoms with Crippen molar-refractivity contribution in [2.24, 2.45) is 5.73 Å². The molecule has 0 saturated carbocycles. The van der Waals surface area contributed by atoms with Crippen molar-refractivity contribution >= 4 is 11.6 Å². The van der Waals surface area contributed by atoms with Crippen molar-refractivity contribution in [3.8, 4) is 11.8 Å². The minimum absolute atomic E-state index is 0.115. The smallest absolute Gasteiger partial charge is 0.321 e. The van der Waals surface area contributed by atoms with E-state index in [2.05, 4.69) is 22.1 Å². The van der Waals surface area contributed by atoms with Crippen LogP contribution in [0.25, 0.3) is 0 Å². The van der Waals surface area contributed by atoms with E-state index in [9.17, 15) is 14.4 Å². The Morgan fingerprint density at radius 2 is 1.90 bits per heavy atom. The van der Waals surface area contributed by atoms with Gasteiger partial charge in [-0.3, -0.25) is 14.6 Å². The molecule has 106 valence electrons. The SMILES string of the molecule is NCC#Cc1ccc(NC(=O)c2cc(=O)[nH]c(=O)[nH]2)cc1. The summed E-state index contributed by atoms with van der Waals surface area (Å²) in [4.78, 5) is 38.4. The van der Waals surface area contributed by atoms with E-state index in [4.69, 9.17) is 5.73 Å². The standard InChI is InChI=1S/C14H12N4O3/c15-7-1-2-9-3-5-10(6-4-9)16-13(20)11-8-12(19)18-14(21)17-11/h3-6,8H,7,15H2,(H,16,20)(H2,17,18,19,21). The summed E-state index contributed by atoms with van der Waals surface area (Å²) in [6.45, 7) is 0.272. The lowest BCUT2D eigenvalue weighted by molar-refractivity contribution is 0.102. The zero-order chi connectivity index (χ0) is 15.2. The maximum absolute atomic E-state index is 11.9. The first-order valence-electron chi connectivity index (χ1n) is 6.02. The molecular weight excluding hydrogens is 272 g/mol. The molecule has 5 N–H and O–H groups in total. The van der Waals surface area contributed by atoms with Gasteiger partial charge in [0, 0.05) is 17.3 Å². The van der Waals surface area contributed by atoms with E-state index in [1.54, 1.807) is 24.3 Å². The lowest BCUT2D eigenvalue weighted by Gasteiger charge is -2.04. The highest BCUT2D eigenvalue weighted by Gasteiger charge is 2.08. The molecule has 0 radical (unpaired) electrons. The first-order chi connectivity index (χ1) is 10.1. The summed E-state index contributed by atoms with van der Waals surface area (Å²) >= 11 is 0. The van der Waals surface area contributed by atoms with Gasteiger partial charge in [0.2, 0.25) is 0 Å². The fourth-order valence-electron chi connectivity index (χ4n) is 1.58. The molecule has 0 saturated heterocycles. The predicted octanol–water partition coefficient (Wildman–Crippen LogP) is -0.374. The molecule has 1 aromatic carbocycles. The van der Waals surface area contributed by atoms with Gasteiger partial charge in [-0.2, -0.15) is 0 Å². The molecule has 0 aliphatic heterocycles. The molecule has 0 fully saturated rings. The van der Waals surface area contributed by atoms with Gasteiger partial charge >= 0.3 is 5.69 Å². The van der Waals surface area contributed by atoms with E-state index in [1.165, 1.54) is 0 Å². The van der Waals surface area contributed by atoms with Gasteiger partial charge in [0.15, 0.2) is 0 Å². The Kier molecular flexibility index (Phi) is 4.33. The minimum atomic E-state index is -0.736. The number of carbonyl (C=O) groups is 1. The van der Waals surface area contributed by atoms with Crippen LogP contribution in [0.1, 0.15) is 16.1 Å². The Morgan fingerprint density at radius 1 is 1.19 bits per heavy atom. The number of hydrogen-bond acceptors (Lipinski definition) is 4. The third kappa shape index (κ3) is 3.92. The first kappa shape index (κ1) is 14.3. The molecule has 21 heavy (non-hydrogen) atoms. The summed E-state index contributed by atoms with van der Waals surface area (Å²) in [7, 11) is 0. The number of amides is 1. The lowest BCUT2D eigenvalue weighted by Crippen LogP contribution is -2.27.